The van der Waals surface area contributed by atoms with Crippen molar-refractivity contribution in [2.75, 3.05) is 0 Å². The summed E-state index contributed by atoms with van der Waals surface area (Å²) in [5.41, 5.74) is 27.3. The van der Waals surface area contributed by atoms with Crippen molar-refractivity contribution in [2.24, 2.45) is 0 Å². The number of H-pyrrole nitrogens is 2. The van der Waals surface area contributed by atoms with Crippen LogP contribution in [0, 0.1) is 36.8 Å². The highest BCUT2D eigenvalue weighted by molar-refractivity contribution is 6.84. The normalized spacial score (nSPS) is 12.1. The van der Waals surface area contributed by atoms with Gasteiger partial charge in [0, 0.05) is 55.4 Å². The molecule has 0 radical (unpaired) electrons. The second-order valence-electron chi connectivity index (χ2n) is 18.4. The van der Waals surface area contributed by atoms with Crippen LogP contribution in [0.25, 0.3) is 90.9 Å². The number of aromatic amines is 2. The molecule has 7 aromatic rings. The maximum atomic E-state index is 5.48. The maximum Gasteiger partial charge on any atom is 0.129 e. The van der Waals surface area contributed by atoms with Gasteiger partial charge in [0.25, 0.3) is 0 Å². The lowest BCUT2D eigenvalue weighted by molar-refractivity contribution is 1.31. The van der Waals surface area contributed by atoms with Crippen LogP contribution in [0.1, 0.15) is 45.0 Å². The zero-order chi connectivity index (χ0) is 43.2. The Bertz CT molecular complexity index is 3010. The first-order valence-corrected chi connectivity index (χ1v) is 28.3. The van der Waals surface area contributed by atoms with Gasteiger partial charge in [-0.3, -0.25) is 0 Å². The van der Waals surface area contributed by atoms with E-state index >= 15 is 0 Å². The molecular formula is C56H50N4Si2. The van der Waals surface area contributed by atoms with E-state index in [1.165, 1.54) is 11.1 Å². The Balaban J connectivity index is 1.38. The Kier molecular flexibility index (Phi) is 10.5. The van der Waals surface area contributed by atoms with Crippen molar-refractivity contribution in [1.82, 2.24) is 19.9 Å². The first-order valence-electron chi connectivity index (χ1n) is 21.3. The lowest BCUT2D eigenvalue weighted by atomic mass is 10.0. The molecule has 2 aliphatic heterocycles. The summed E-state index contributed by atoms with van der Waals surface area (Å²) < 4.78 is 0. The summed E-state index contributed by atoms with van der Waals surface area (Å²) in [7, 11) is -3.07. The number of hydrogen-bond acceptors (Lipinski definition) is 2. The zero-order valence-electron chi connectivity index (χ0n) is 36.8. The van der Waals surface area contributed by atoms with Gasteiger partial charge in [-0.25, -0.2) is 9.97 Å². The molecule has 0 spiro atoms. The van der Waals surface area contributed by atoms with E-state index in [0.717, 1.165) is 100 Å². The van der Waals surface area contributed by atoms with E-state index in [1.54, 1.807) is 0 Å². The third-order valence-electron chi connectivity index (χ3n) is 10.9. The van der Waals surface area contributed by atoms with Crippen LogP contribution in [0.15, 0.2) is 121 Å². The summed E-state index contributed by atoms with van der Waals surface area (Å²) in [5, 5.41) is 0. The Hall–Kier alpha value is -6.97. The van der Waals surface area contributed by atoms with Crippen molar-refractivity contribution >= 4 is 62.5 Å². The topological polar surface area (TPSA) is 57.4 Å². The fourth-order valence-electron chi connectivity index (χ4n) is 7.82. The number of nitrogens with zero attached hydrogens (tertiary/aromatic N) is 2. The van der Waals surface area contributed by atoms with Crippen LogP contribution in [-0.4, -0.2) is 36.1 Å². The predicted molar refractivity (Wildman–Crippen MR) is 271 cm³/mol. The van der Waals surface area contributed by atoms with Crippen LogP contribution in [0.5, 0.6) is 0 Å². The van der Waals surface area contributed by atoms with Crippen molar-refractivity contribution in [1.29, 1.82) is 0 Å². The molecule has 5 heterocycles. The van der Waals surface area contributed by atoms with E-state index in [9.17, 15) is 0 Å². The van der Waals surface area contributed by atoms with Crippen LogP contribution >= 0.6 is 0 Å². The van der Waals surface area contributed by atoms with Crippen LogP contribution in [-0.2, 0) is 0 Å². The van der Waals surface area contributed by atoms with Crippen molar-refractivity contribution < 1.29 is 0 Å². The molecule has 0 saturated carbocycles. The quantitative estimate of drug-likeness (QED) is 0.137. The minimum Gasteiger partial charge on any atom is -0.354 e. The lowest BCUT2D eigenvalue weighted by Gasteiger charge is -2.08. The molecule has 0 saturated heterocycles. The second kappa shape index (κ2) is 16.1. The van der Waals surface area contributed by atoms with E-state index in [0.29, 0.717) is 0 Å². The molecule has 0 atom stereocenters. The molecule has 6 heteroatoms. The number of aromatic nitrogens is 4. The van der Waals surface area contributed by atoms with E-state index in [2.05, 4.69) is 232 Å². The Morgan fingerprint density at radius 3 is 0.871 bits per heavy atom. The molecule has 0 aliphatic carbocycles. The van der Waals surface area contributed by atoms with Gasteiger partial charge in [-0.15, -0.1) is 11.1 Å². The van der Waals surface area contributed by atoms with E-state index < -0.39 is 16.1 Å². The Labute approximate surface area is 367 Å². The van der Waals surface area contributed by atoms with Crippen LogP contribution < -0.4 is 0 Å². The smallest absolute Gasteiger partial charge is 0.129 e. The number of aryl methyl sites for hydroxylation is 2. The van der Waals surface area contributed by atoms with Crippen molar-refractivity contribution in [2.45, 2.75) is 53.1 Å². The zero-order valence-corrected chi connectivity index (χ0v) is 38.8. The molecule has 3 aromatic heterocycles. The molecule has 0 unspecified atom stereocenters. The van der Waals surface area contributed by atoms with Crippen LogP contribution in [0.2, 0.25) is 39.3 Å². The third-order valence-corrected chi connectivity index (χ3v) is 12.7. The highest BCUT2D eigenvalue weighted by Gasteiger charge is 2.19. The molecule has 62 heavy (non-hydrogen) atoms. The highest BCUT2D eigenvalue weighted by Crippen LogP contribution is 2.38. The van der Waals surface area contributed by atoms with Gasteiger partial charge >= 0.3 is 0 Å². The molecule has 302 valence electrons. The maximum absolute atomic E-state index is 5.48. The number of fused-ring (bicyclic) bond motifs is 8. The molecular weight excluding hydrogens is 785 g/mol. The molecule has 2 N–H and O–H groups in total. The molecule has 0 amide bonds. The minimum atomic E-state index is -1.54. The summed E-state index contributed by atoms with van der Waals surface area (Å²) in [6, 6.07) is 43.4. The van der Waals surface area contributed by atoms with Crippen molar-refractivity contribution in [3.63, 3.8) is 0 Å². The monoisotopic (exact) mass is 834 g/mol. The Morgan fingerprint density at radius 2 is 0.613 bits per heavy atom. The first-order chi connectivity index (χ1) is 29.7. The SMILES string of the molecule is Cc1ccc(-c2c3nc(c(-c4ccc(C#C[Si](C)(C)C)cc4)c4ccc([nH]4)c(-c4ccc(C)cc4)c4nc(c(-c5ccc(C#C[Si](C)(C)C)cc5)c5ccc2[nH]5)C=C4)C=C3)cc1. The van der Waals surface area contributed by atoms with Gasteiger partial charge in [0.2, 0.25) is 0 Å². The molecule has 2 aliphatic rings. The minimum absolute atomic E-state index is 0.882. The molecule has 0 fully saturated rings. The molecule has 9 rings (SSSR count). The Morgan fingerprint density at radius 1 is 0.355 bits per heavy atom. The van der Waals surface area contributed by atoms with Gasteiger partial charge in [-0.2, -0.15) is 0 Å². The summed E-state index contributed by atoms with van der Waals surface area (Å²) in [4.78, 5) is 18.7. The first kappa shape index (κ1) is 40.4. The standard InChI is InChI=1S/C56H50N4Si2/c1-37-9-17-41(18-10-37)53-45-25-29-49(57-45)55(43-21-13-39(14-22-43)33-35-61(3,4)5)51-31-27-47(59-51)54(42-19-11-38(2)12-20-42)48-28-32-52(60-48)56(50-30-26-46(53)58-50)44-23-15-40(16-24-44)34-36-62(6,7)8/h9-32,57,60H,1-8H3. The number of rotatable bonds is 4. The summed E-state index contributed by atoms with van der Waals surface area (Å²) >= 11 is 0. The van der Waals surface area contributed by atoms with Gasteiger partial charge in [0.1, 0.15) is 16.1 Å². The lowest BCUT2D eigenvalue weighted by Crippen LogP contribution is -2.16. The molecule has 4 aromatic carbocycles. The largest absolute Gasteiger partial charge is 0.354 e. The van der Waals surface area contributed by atoms with Crippen LogP contribution in [0.3, 0.4) is 0 Å². The van der Waals surface area contributed by atoms with E-state index in [4.69, 9.17) is 9.97 Å². The van der Waals surface area contributed by atoms with Crippen molar-refractivity contribution in [3.8, 4) is 67.4 Å². The molecule has 8 bridgehead atoms. The number of nitrogens with one attached hydrogen (secondary N) is 2. The average molecular weight is 835 g/mol. The van der Waals surface area contributed by atoms with E-state index in [1.807, 2.05) is 0 Å². The fraction of sp³-hybridized carbons (Fsp3) is 0.143. The second-order valence-corrected chi connectivity index (χ2v) is 27.9. The summed E-state index contributed by atoms with van der Waals surface area (Å²) in [6.45, 7) is 17.9. The third kappa shape index (κ3) is 8.62. The van der Waals surface area contributed by atoms with Gasteiger partial charge in [-0.1, -0.05) is 135 Å². The summed E-state index contributed by atoms with van der Waals surface area (Å²) in [6.07, 6.45) is 8.61. The number of hydrogen-bond donors (Lipinski definition) is 2. The van der Waals surface area contributed by atoms with E-state index in [-0.39, 0.29) is 0 Å². The van der Waals surface area contributed by atoms with Gasteiger partial charge < -0.3 is 9.97 Å². The highest BCUT2D eigenvalue weighted by atomic mass is 28.3. The summed E-state index contributed by atoms with van der Waals surface area (Å²) in [5.74, 6) is 6.87. The molecule has 4 nitrogen and oxygen atoms in total. The van der Waals surface area contributed by atoms with Crippen LogP contribution in [0.4, 0.5) is 0 Å². The van der Waals surface area contributed by atoms with Crippen molar-refractivity contribution in [3.05, 3.63) is 166 Å². The van der Waals surface area contributed by atoms with Gasteiger partial charge in [-0.05, 0) is 109 Å². The van der Waals surface area contributed by atoms with Gasteiger partial charge in [0.05, 0.1) is 22.8 Å². The average Bonchev–Trinajstić information content (AvgIpc) is 4.09. The predicted octanol–water partition coefficient (Wildman–Crippen LogP) is 14.4. The fourth-order valence-corrected chi connectivity index (χ4v) is 8.86. The van der Waals surface area contributed by atoms with Gasteiger partial charge in [0.15, 0.2) is 0 Å². The number of benzene rings is 4.